The molecule has 1 amide bonds. The van der Waals surface area contributed by atoms with E-state index in [1.807, 2.05) is 28.5 Å². The maximum atomic E-state index is 12.8. The molecule has 1 aliphatic heterocycles. The Balaban J connectivity index is 1.99. The van der Waals surface area contributed by atoms with E-state index in [2.05, 4.69) is 25.2 Å². The predicted octanol–water partition coefficient (Wildman–Crippen LogP) is 2.72. The molecule has 0 aliphatic carbocycles. The number of amides is 1. The van der Waals surface area contributed by atoms with Crippen LogP contribution in [0.15, 0.2) is 29.6 Å². The van der Waals surface area contributed by atoms with Gasteiger partial charge in [0.2, 0.25) is 0 Å². The van der Waals surface area contributed by atoms with E-state index in [0.29, 0.717) is 0 Å². The van der Waals surface area contributed by atoms with Gasteiger partial charge in [0, 0.05) is 40.6 Å². The van der Waals surface area contributed by atoms with Crippen LogP contribution in [0.3, 0.4) is 0 Å². The van der Waals surface area contributed by atoms with Crippen LogP contribution < -0.4 is 5.32 Å². The van der Waals surface area contributed by atoms with Crippen molar-refractivity contribution in [2.24, 2.45) is 0 Å². The van der Waals surface area contributed by atoms with Crippen LogP contribution in [0, 0.1) is 0 Å². The highest BCUT2D eigenvalue weighted by molar-refractivity contribution is 7.17. The molecule has 2 aromatic rings. The molecule has 3 rings (SSSR count). The minimum atomic E-state index is 0.166. The van der Waals surface area contributed by atoms with Crippen LogP contribution in [0.4, 0.5) is 0 Å². The second-order valence-corrected chi connectivity index (χ2v) is 6.13. The van der Waals surface area contributed by atoms with E-state index in [1.165, 1.54) is 4.70 Å². The second-order valence-electron chi connectivity index (χ2n) is 5.21. The van der Waals surface area contributed by atoms with Crippen molar-refractivity contribution >= 4 is 27.3 Å². The van der Waals surface area contributed by atoms with Crippen LogP contribution in [0.1, 0.15) is 24.2 Å². The highest BCUT2D eigenvalue weighted by Gasteiger charge is 2.30. The third kappa shape index (κ3) is 2.15. The van der Waals surface area contributed by atoms with Crippen LogP contribution in [-0.2, 0) is 0 Å². The molecule has 1 fully saturated rings. The van der Waals surface area contributed by atoms with E-state index in [9.17, 15) is 4.79 Å². The van der Waals surface area contributed by atoms with Gasteiger partial charge < -0.3 is 10.2 Å². The summed E-state index contributed by atoms with van der Waals surface area (Å²) in [5, 5.41) is 6.43. The number of thiophene rings is 1. The largest absolute Gasteiger partial charge is 0.331 e. The van der Waals surface area contributed by atoms with E-state index >= 15 is 0 Å². The maximum absolute atomic E-state index is 12.8. The molecule has 1 N–H and O–H groups in total. The van der Waals surface area contributed by atoms with Crippen molar-refractivity contribution < 1.29 is 4.79 Å². The van der Waals surface area contributed by atoms with Crippen molar-refractivity contribution in [1.29, 1.82) is 0 Å². The van der Waals surface area contributed by atoms with Gasteiger partial charge in [-0.1, -0.05) is 18.2 Å². The Morgan fingerprint density at radius 3 is 2.68 bits per heavy atom. The first-order valence-corrected chi connectivity index (χ1v) is 7.56. The fraction of sp³-hybridized carbons (Fsp3) is 0.400. The van der Waals surface area contributed by atoms with Gasteiger partial charge in [0.15, 0.2) is 0 Å². The van der Waals surface area contributed by atoms with Crippen molar-refractivity contribution in [3.63, 3.8) is 0 Å². The number of benzene rings is 1. The molecule has 2 atom stereocenters. The number of carbonyl (C=O) groups is 1. The van der Waals surface area contributed by atoms with Gasteiger partial charge in [-0.25, -0.2) is 0 Å². The van der Waals surface area contributed by atoms with Crippen molar-refractivity contribution in [1.82, 2.24) is 10.2 Å². The van der Waals surface area contributed by atoms with Crippen molar-refractivity contribution in [3.8, 4) is 0 Å². The van der Waals surface area contributed by atoms with Gasteiger partial charge in [0.25, 0.3) is 5.91 Å². The fourth-order valence-electron chi connectivity index (χ4n) is 2.82. The average molecular weight is 274 g/mol. The predicted molar refractivity (Wildman–Crippen MR) is 79.8 cm³/mol. The molecule has 2 heterocycles. The lowest BCUT2D eigenvalue weighted by Crippen LogP contribution is -2.57. The van der Waals surface area contributed by atoms with Gasteiger partial charge in [0.1, 0.15) is 0 Å². The number of carbonyl (C=O) groups excluding carboxylic acids is 1. The Kier molecular flexibility index (Phi) is 3.29. The molecule has 2 unspecified atom stereocenters. The summed E-state index contributed by atoms with van der Waals surface area (Å²) in [7, 11) is 0. The molecule has 4 heteroatoms. The summed E-state index contributed by atoms with van der Waals surface area (Å²) in [6.45, 7) is 5.96. The molecular weight excluding hydrogens is 256 g/mol. The van der Waals surface area contributed by atoms with E-state index < -0.39 is 0 Å². The monoisotopic (exact) mass is 274 g/mol. The summed E-state index contributed by atoms with van der Waals surface area (Å²) in [4.78, 5) is 14.8. The summed E-state index contributed by atoms with van der Waals surface area (Å²) in [5.74, 6) is 0.166. The Bertz CT molecular complexity index is 597. The van der Waals surface area contributed by atoms with E-state index in [0.717, 1.165) is 24.0 Å². The summed E-state index contributed by atoms with van der Waals surface area (Å²) < 4.78 is 1.18. The Hall–Kier alpha value is -1.39. The SMILES string of the molecule is CC1CNCC(C)N1C(=O)c1csc2ccccc12. The molecule has 0 radical (unpaired) electrons. The first kappa shape index (κ1) is 12.6. The van der Waals surface area contributed by atoms with Crippen molar-refractivity contribution in [2.75, 3.05) is 13.1 Å². The van der Waals surface area contributed by atoms with Crippen LogP contribution in [0.5, 0.6) is 0 Å². The summed E-state index contributed by atoms with van der Waals surface area (Å²) in [6, 6.07) is 8.61. The number of piperazine rings is 1. The second kappa shape index (κ2) is 4.94. The minimum Gasteiger partial charge on any atom is -0.331 e. The van der Waals surface area contributed by atoms with Crippen LogP contribution in [0.2, 0.25) is 0 Å². The van der Waals surface area contributed by atoms with Gasteiger partial charge in [0.05, 0.1) is 5.56 Å². The molecule has 100 valence electrons. The van der Waals surface area contributed by atoms with Crippen LogP contribution in [-0.4, -0.2) is 36.0 Å². The first-order valence-electron chi connectivity index (χ1n) is 6.68. The molecule has 0 saturated carbocycles. The van der Waals surface area contributed by atoms with Gasteiger partial charge >= 0.3 is 0 Å². The average Bonchev–Trinajstić information content (AvgIpc) is 2.82. The van der Waals surface area contributed by atoms with Crippen LogP contribution >= 0.6 is 11.3 Å². The molecule has 1 aromatic heterocycles. The molecule has 1 aliphatic rings. The lowest BCUT2D eigenvalue weighted by molar-refractivity contribution is 0.0547. The normalized spacial score (nSPS) is 23.8. The molecule has 1 aromatic carbocycles. The zero-order valence-electron chi connectivity index (χ0n) is 11.2. The fourth-order valence-corrected chi connectivity index (χ4v) is 3.75. The molecule has 19 heavy (non-hydrogen) atoms. The zero-order valence-corrected chi connectivity index (χ0v) is 12.0. The highest BCUT2D eigenvalue weighted by atomic mass is 32.1. The standard InChI is InChI=1S/C15H18N2OS/c1-10-7-16-8-11(2)17(10)15(18)13-9-19-14-6-4-3-5-12(13)14/h3-6,9-11,16H,7-8H2,1-2H3. The van der Waals surface area contributed by atoms with Crippen LogP contribution in [0.25, 0.3) is 10.1 Å². The molecule has 0 bridgehead atoms. The summed E-state index contributed by atoms with van der Waals surface area (Å²) >= 11 is 1.65. The number of nitrogens with one attached hydrogen (secondary N) is 1. The lowest BCUT2D eigenvalue weighted by atomic mass is 10.1. The Morgan fingerprint density at radius 1 is 1.26 bits per heavy atom. The van der Waals surface area contributed by atoms with Gasteiger partial charge in [-0.2, -0.15) is 0 Å². The third-order valence-corrected chi connectivity index (χ3v) is 4.74. The van der Waals surface area contributed by atoms with Crippen molar-refractivity contribution in [3.05, 3.63) is 35.2 Å². The first-order chi connectivity index (χ1) is 9.18. The van der Waals surface area contributed by atoms with Crippen molar-refractivity contribution in [2.45, 2.75) is 25.9 Å². The number of nitrogens with zero attached hydrogens (tertiary/aromatic N) is 1. The number of fused-ring (bicyclic) bond motifs is 1. The van der Waals surface area contributed by atoms with E-state index in [-0.39, 0.29) is 18.0 Å². The minimum absolute atomic E-state index is 0.166. The topological polar surface area (TPSA) is 32.3 Å². The number of hydrogen-bond acceptors (Lipinski definition) is 3. The molecule has 1 saturated heterocycles. The Morgan fingerprint density at radius 2 is 1.95 bits per heavy atom. The number of rotatable bonds is 1. The molecule has 0 spiro atoms. The maximum Gasteiger partial charge on any atom is 0.255 e. The Labute approximate surface area is 117 Å². The van der Waals surface area contributed by atoms with E-state index in [4.69, 9.17) is 0 Å². The van der Waals surface area contributed by atoms with Gasteiger partial charge in [-0.3, -0.25) is 4.79 Å². The molecule has 3 nitrogen and oxygen atoms in total. The quantitative estimate of drug-likeness (QED) is 0.867. The summed E-state index contributed by atoms with van der Waals surface area (Å²) in [5.41, 5.74) is 0.848. The van der Waals surface area contributed by atoms with Gasteiger partial charge in [-0.15, -0.1) is 11.3 Å². The highest BCUT2D eigenvalue weighted by Crippen LogP contribution is 2.28. The smallest absolute Gasteiger partial charge is 0.255 e. The lowest BCUT2D eigenvalue weighted by Gasteiger charge is -2.39. The summed E-state index contributed by atoms with van der Waals surface area (Å²) in [6.07, 6.45) is 0. The van der Waals surface area contributed by atoms with E-state index in [1.54, 1.807) is 11.3 Å². The third-order valence-electron chi connectivity index (χ3n) is 3.78. The molecular formula is C15H18N2OS. The zero-order chi connectivity index (χ0) is 13.4. The van der Waals surface area contributed by atoms with Gasteiger partial charge in [-0.05, 0) is 19.9 Å². The number of hydrogen-bond donors (Lipinski definition) is 1.